The molecule has 2 fully saturated rings. The molecular weight excluding hydrogens is 226 g/mol. The fraction of sp³-hybridized carbons (Fsp3) is 0.500. The van der Waals surface area contributed by atoms with E-state index in [1.807, 2.05) is 35.3 Å². The van der Waals surface area contributed by atoms with Crippen molar-refractivity contribution in [3.8, 4) is 0 Å². The zero-order chi connectivity index (χ0) is 12.6. The molecule has 0 aromatic heterocycles. The third kappa shape index (κ3) is 1.86. The number of benzene rings is 1. The van der Waals surface area contributed by atoms with Crippen molar-refractivity contribution in [2.75, 3.05) is 31.7 Å². The van der Waals surface area contributed by atoms with Crippen LogP contribution in [0.5, 0.6) is 0 Å². The normalized spacial score (nSPS) is 23.4. The number of likely N-dealkylation sites (tertiary alicyclic amines) is 1. The third-order valence-electron chi connectivity index (χ3n) is 4.19. The summed E-state index contributed by atoms with van der Waals surface area (Å²) >= 11 is 0. The van der Waals surface area contributed by atoms with Crippen molar-refractivity contribution in [2.45, 2.75) is 12.8 Å². The molecule has 2 saturated heterocycles. The Kier molecular flexibility index (Phi) is 2.74. The first-order valence-corrected chi connectivity index (χ1v) is 6.52. The van der Waals surface area contributed by atoms with Gasteiger partial charge in [-0.15, -0.1) is 0 Å². The monoisotopic (exact) mass is 245 g/mol. The molecule has 0 bridgehead atoms. The Hall–Kier alpha value is -1.55. The molecule has 1 aromatic rings. The molecule has 2 aliphatic heterocycles. The molecule has 0 radical (unpaired) electrons. The van der Waals surface area contributed by atoms with Gasteiger partial charge in [-0.1, -0.05) is 18.2 Å². The highest BCUT2D eigenvalue weighted by atomic mass is 16.2. The lowest BCUT2D eigenvalue weighted by atomic mass is 9.78. The van der Waals surface area contributed by atoms with Crippen LogP contribution in [0.2, 0.25) is 0 Å². The van der Waals surface area contributed by atoms with E-state index in [0.29, 0.717) is 0 Å². The Bertz CT molecular complexity index is 438. The highest BCUT2D eigenvalue weighted by Crippen LogP contribution is 2.37. The SMILES string of the molecule is CN1CCC2(CC1)CN(c1ccccc1)NC2=O. The summed E-state index contributed by atoms with van der Waals surface area (Å²) in [5.41, 5.74) is 3.91. The molecule has 2 aliphatic rings. The first kappa shape index (κ1) is 11.5. The summed E-state index contributed by atoms with van der Waals surface area (Å²) in [6.07, 6.45) is 1.91. The van der Waals surface area contributed by atoms with Crippen molar-refractivity contribution < 1.29 is 4.79 Å². The molecule has 3 rings (SSSR count). The molecule has 0 unspecified atom stereocenters. The molecule has 1 aromatic carbocycles. The van der Waals surface area contributed by atoms with Gasteiger partial charge in [-0.2, -0.15) is 0 Å². The Balaban J connectivity index is 1.78. The van der Waals surface area contributed by atoms with Gasteiger partial charge in [0.1, 0.15) is 0 Å². The van der Waals surface area contributed by atoms with Crippen LogP contribution in [-0.4, -0.2) is 37.5 Å². The van der Waals surface area contributed by atoms with E-state index in [1.165, 1.54) is 0 Å². The van der Waals surface area contributed by atoms with E-state index in [9.17, 15) is 4.79 Å². The number of hydrogen-bond donors (Lipinski definition) is 1. The van der Waals surface area contributed by atoms with E-state index >= 15 is 0 Å². The predicted octanol–water partition coefficient (Wildman–Crippen LogP) is 1.25. The van der Waals surface area contributed by atoms with Crippen LogP contribution in [-0.2, 0) is 4.79 Å². The number of hydrazine groups is 1. The molecule has 0 aliphatic carbocycles. The number of piperidine rings is 1. The zero-order valence-electron chi connectivity index (χ0n) is 10.7. The van der Waals surface area contributed by atoms with Crippen LogP contribution >= 0.6 is 0 Å². The van der Waals surface area contributed by atoms with E-state index in [4.69, 9.17) is 0 Å². The van der Waals surface area contributed by atoms with Gasteiger partial charge in [0.15, 0.2) is 0 Å². The van der Waals surface area contributed by atoms with E-state index < -0.39 is 0 Å². The van der Waals surface area contributed by atoms with Crippen LogP contribution < -0.4 is 10.4 Å². The summed E-state index contributed by atoms with van der Waals surface area (Å²) in [4.78, 5) is 14.6. The summed E-state index contributed by atoms with van der Waals surface area (Å²) in [6.45, 7) is 2.82. The maximum absolute atomic E-state index is 12.3. The highest BCUT2D eigenvalue weighted by molar-refractivity contribution is 5.88. The van der Waals surface area contributed by atoms with Crippen molar-refractivity contribution in [3.63, 3.8) is 0 Å². The lowest BCUT2D eigenvalue weighted by molar-refractivity contribution is -0.129. The molecule has 0 atom stereocenters. The Morgan fingerprint density at radius 1 is 1.17 bits per heavy atom. The molecular formula is C14H19N3O. The van der Waals surface area contributed by atoms with Gasteiger partial charge < -0.3 is 4.90 Å². The van der Waals surface area contributed by atoms with Crippen molar-refractivity contribution in [2.24, 2.45) is 5.41 Å². The Morgan fingerprint density at radius 3 is 2.50 bits per heavy atom. The van der Waals surface area contributed by atoms with Crippen LogP contribution in [0, 0.1) is 5.41 Å². The predicted molar refractivity (Wildman–Crippen MR) is 71.1 cm³/mol. The fourth-order valence-corrected chi connectivity index (χ4v) is 2.85. The quantitative estimate of drug-likeness (QED) is 0.809. The molecule has 4 heteroatoms. The van der Waals surface area contributed by atoms with Gasteiger partial charge in [-0.05, 0) is 45.1 Å². The minimum atomic E-state index is -0.178. The first-order chi connectivity index (χ1) is 8.70. The molecule has 0 saturated carbocycles. The molecule has 1 spiro atoms. The topological polar surface area (TPSA) is 35.6 Å². The maximum atomic E-state index is 12.3. The van der Waals surface area contributed by atoms with Gasteiger partial charge in [0.2, 0.25) is 5.91 Å². The molecule has 1 N–H and O–H groups in total. The standard InChI is InChI=1S/C14H19N3O/c1-16-9-7-14(8-10-16)11-17(15-13(14)18)12-5-3-2-4-6-12/h2-6H,7-11H2,1H3,(H,15,18). The average molecular weight is 245 g/mol. The van der Waals surface area contributed by atoms with E-state index in [-0.39, 0.29) is 11.3 Å². The van der Waals surface area contributed by atoms with Gasteiger partial charge in [-0.25, -0.2) is 0 Å². The Labute approximate surface area is 108 Å². The van der Waals surface area contributed by atoms with Crippen LogP contribution in [0.4, 0.5) is 5.69 Å². The van der Waals surface area contributed by atoms with E-state index in [2.05, 4.69) is 17.4 Å². The number of nitrogens with one attached hydrogen (secondary N) is 1. The van der Waals surface area contributed by atoms with Crippen molar-refractivity contribution in [3.05, 3.63) is 30.3 Å². The lowest BCUT2D eigenvalue weighted by Crippen LogP contribution is -2.43. The molecule has 2 heterocycles. The first-order valence-electron chi connectivity index (χ1n) is 6.52. The number of hydrogen-bond acceptors (Lipinski definition) is 3. The Morgan fingerprint density at radius 2 is 1.83 bits per heavy atom. The average Bonchev–Trinajstić information content (AvgIpc) is 2.72. The maximum Gasteiger partial charge on any atom is 0.246 e. The third-order valence-corrected chi connectivity index (χ3v) is 4.19. The number of para-hydroxylation sites is 1. The summed E-state index contributed by atoms with van der Waals surface area (Å²) in [5.74, 6) is 0.194. The minimum Gasteiger partial charge on any atom is -0.306 e. The largest absolute Gasteiger partial charge is 0.306 e. The van der Waals surface area contributed by atoms with Crippen LogP contribution in [0.15, 0.2) is 30.3 Å². The van der Waals surface area contributed by atoms with Gasteiger partial charge in [0.25, 0.3) is 0 Å². The second-order valence-corrected chi connectivity index (χ2v) is 5.45. The smallest absolute Gasteiger partial charge is 0.246 e. The minimum absolute atomic E-state index is 0.178. The van der Waals surface area contributed by atoms with Crippen molar-refractivity contribution in [1.29, 1.82) is 0 Å². The molecule has 1 amide bonds. The van der Waals surface area contributed by atoms with Gasteiger partial charge in [0, 0.05) is 0 Å². The summed E-state index contributed by atoms with van der Waals surface area (Å²) in [6, 6.07) is 10.1. The molecule has 4 nitrogen and oxygen atoms in total. The van der Waals surface area contributed by atoms with Crippen LogP contribution in [0.3, 0.4) is 0 Å². The lowest BCUT2D eigenvalue weighted by Gasteiger charge is -2.34. The van der Waals surface area contributed by atoms with Gasteiger partial charge >= 0.3 is 0 Å². The van der Waals surface area contributed by atoms with Gasteiger partial charge in [0.05, 0.1) is 17.6 Å². The number of carbonyl (C=O) groups excluding carboxylic acids is 1. The van der Waals surface area contributed by atoms with Crippen LogP contribution in [0.25, 0.3) is 0 Å². The number of carbonyl (C=O) groups is 1. The summed E-state index contributed by atoms with van der Waals surface area (Å²) in [7, 11) is 2.12. The highest BCUT2D eigenvalue weighted by Gasteiger charge is 2.47. The van der Waals surface area contributed by atoms with Crippen LogP contribution in [0.1, 0.15) is 12.8 Å². The number of rotatable bonds is 1. The summed E-state index contributed by atoms with van der Waals surface area (Å²) < 4.78 is 0. The fourth-order valence-electron chi connectivity index (χ4n) is 2.85. The second-order valence-electron chi connectivity index (χ2n) is 5.45. The molecule has 96 valence electrons. The van der Waals surface area contributed by atoms with Gasteiger partial charge in [-0.3, -0.25) is 15.2 Å². The van der Waals surface area contributed by atoms with Crippen molar-refractivity contribution >= 4 is 11.6 Å². The van der Waals surface area contributed by atoms with E-state index in [0.717, 1.165) is 38.2 Å². The molecule has 18 heavy (non-hydrogen) atoms. The summed E-state index contributed by atoms with van der Waals surface area (Å²) in [5, 5.41) is 1.99. The number of nitrogens with zero attached hydrogens (tertiary/aromatic N) is 2. The number of anilines is 1. The second kappa shape index (κ2) is 4.28. The van der Waals surface area contributed by atoms with Crippen molar-refractivity contribution in [1.82, 2.24) is 10.3 Å². The van der Waals surface area contributed by atoms with E-state index in [1.54, 1.807) is 0 Å². The number of amides is 1. The zero-order valence-corrected chi connectivity index (χ0v) is 10.7.